The Balaban J connectivity index is 1.07. The van der Waals surface area contributed by atoms with Crippen molar-refractivity contribution in [2.24, 2.45) is 0 Å². The van der Waals surface area contributed by atoms with E-state index in [2.05, 4.69) is 15.2 Å². The van der Waals surface area contributed by atoms with Crippen LogP contribution in [0.15, 0.2) is 77.6 Å². The number of aliphatic hydroxyl groups excluding tert-OH is 1. The van der Waals surface area contributed by atoms with Crippen molar-refractivity contribution < 1.29 is 29.3 Å². The number of hydrogen-bond acceptors (Lipinski definition) is 7. The Morgan fingerprint density at radius 1 is 0.857 bits per heavy atom. The fraction of sp³-hybridized carbons (Fsp3) is 0.447. The van der Waals surface area contributed by atoms with Crippen LogP contribution in [0.5, 0.6) is 0 Å². The molecule has 2 aliphatic heterocycles. The summed E-state index contributed by atoms with van der Waals surface area (Å²) in [5.41, 5.74) is 5.52. The predicted octanol–water partition coefficient (Wildman–Crippen LogP) is 5.36. The van der Waals surface area contributed by atoms with Crippen molar-refractivity contribution in [3.05, 3.63) is 106 Å². The van der Waals surface area contributed by atoms with Crippen molar-refractivity contribution in [3.63, 3.8) is 0 Å². The molecule has 0 saturated carbocycles. The standard InChI is InChI=1S/C38H46N4O7/c43-25-27-12-14-28(15-13-27)34-22-31(24-41-20-18-30(19-21-41)42-33-7-5-4-6-32(33)40-38(42)47)48-37(49-34)29-16-10-26(11-17-29)23-39-35(44)8-2-1-3-9-36(45)46/h4-7,10-17,30-31,34,37,43H,1-3,8-9,18-25H2,(H,39,44)(H,40,47)(H,45,46)/t31-,34+,37+/m0/s1. The average molecular weight is 671 g/mol. The van der Waals surface area contributed by atoms with Gasteiger partial charge >= 0.3 is 11.7 Å². The maximum atomic E-state index is 12.8. The Labute approximate surface area is 285 Å². The number of aliphatic carboxylic acids is 1. The molecule has 4 aromatic rings. The first-order chi connectivity index (χ1) is 23.9. The van der Waals surface area contributed by atoms with Crippen molar-refractivity contribution in [1.29, 1.82) is 0 Å². The first-order valence-corrected chi connectivity index (χ1v) is 17.4. The van der Waals surface area contributed by atoms with Gasteiger partial charge in [-0.2, -0.15) is 0 Å². The topological polar surface area (TPSA) is 146 Å². The molecule has 3 aromatic carbocycles. The predicted molar refractivity (Wildman–Crippen MR) is 185 cm³/mol. The van der Waals surface area contributed by atoms with Crippen molar-refractivity contribution in [1.82, 2.24) is 19.8 Å². The lowest BCUT2D eigenvalue weighted by Crippen LogP contribution is -2.43. The molecule has 4 N–H and O–H groups in total. The Bertz CT molecular complexity index is 1740. The zero-order valence-electron chi connectivity index (χ0n) is 27.8. The maximum Gasteiger partial charge on any atom is 0.326 e. The number of aromatic nitrogens is 2. The molecule has 3 atom stereocenters. The van der Waals surface area contributed by atoms with Gasteiger partial charge in [0, 0.05) is 57.0 Å². The molecule has 0 aliphatic carbocycles. The lowest BCUT2D eigenvalue weighted by atomic mass is 9.98. The van der Waals surface area contributed by atoms with Gasteiger partial charge in [0.05, 0.1) is 29.8 Å². The number of carbonyl (C=O) groups excluding carboxylic acids is 1. The molecule has 0 spiro atoms. The van der Waals surface area contributed by atoms with E-state index in [4.69, 9.17) is 14.6 Å². The van der Waals surface area contributed by atoms with Gasteiger partial charge in [-0.05, 0) is 54.5 Å². The molecule has 0 bridgehead atoms. The molecular weight excluding hydrogens is 624 g/mol. The smallest absolute Gasteiger partial charge is 0.326 e. The number of fused-ring (bicyclic) bond motifs is 1. The van der Waals surface area contributed by atoms with E-state index in [-0.39, 0.29) is 42.9 Å². The Hall–Kier alpha value is -4.29. The molecule has 49 heavy (non-hydrogen) atoms. The number of carboxylic acids is 1. The number of amides is 1. The van der Waals surface area contributed by atoms with Gasteiger partial charge in [0.15, 0.2) is 6.29 Å². The van der Waals surface area contributed by atoms with E-state index >= 15 is 0 Å². The van der Waals surface area contributed by atoms with E-state index in [0.29, 0.717) is 38.6 Å². The number of ether oxygens (including phenoxy) is 2. The fourth-order valence-corrected chi connectivity index (χ4v) is 6.94. The number of aromatic amines is 1. The van der Waals surface area contributed by atoms with E-state index in [0.717, 1.165) is 65.8 Å². The summed E-state index contributed by atoms with van der Waals surface area (Å²) < 4.78 is 15.0. The number of rotatable bonds is 14. The van der Waals surface area contributed by atoms with Gasteiger partial charge in [-0.1, -0.05) is 67.1 Å². The average Bonchev–Trinajstić information content (AvgIpc) is 3.46. The van der Waals surface area contributed by atoms with Crippen molar-refractivity contribution in [2.45, 2.75) is 89.1 Å². The van der Waals surface area contributed by atoms with Crippen molar-refractivity contribution in [2.75, 3.05) is 19.6 Å². The van der Waals surface area contributed by atoms with Gasteiger partial charge in [0.1, 0.15) is 0 Å². The number of nitrogens with zero attached hydrogens (tertiary/aromatic N) is 2. The summed E-state index contributed by atoms with van der Waals surface area (Å²) in [6.45, 7) is 2.87. The van der Waals surface area contributed by atoms with Crippen LogP contribution in [0.4, 0.5) is 0 Å². The first kappa shape index (κ1) is 34.6. The highest BCUT2D eigenvalue weighted by Crippen LogP contribution is 2.38. The number of imidazole rings is 1. The van der Waals surface area contributed by atoms with Gasteiger partial charge in [-0.3, -0.25) is 14.2 Å². The van der Waals surface area contributed by atoms with E-state index in [1.54, 1.807) is 0 Å². The summed E-state index contributed by atoms with van der Waals surface area (Å²) in [5, 5.41) is 21.2. The molecule has 3 heterocycles. The largest absolute Gasteiger partial charge is 0.481 e. The minimum absolute atomic E-state index is 0.0135. The fourth-order valence-electron chi connectivity index (χ4n) is 6.94. The molecule has 11 nitrogen and oxygen atoms in total. The number of aliphatic hydroxyl groups is 1. The van der Waals surface area contributed by atoms with Crippen molar-refractivity contribution >= 4 is 22.9 Å². The maximum absolute atomic E-state index is 12.8. The van der Waals surface area contributed by atoms with E-state index in [1.807, 2.05) is 77.4 Å². The molecule has 2 fully saturated rings. The highest BCUT2D eigenvalue weighted by Gasteiger charge is 2.34. The van der Waals surface area contributed by atoms with Crippen LogP contribution >= 0.6 is 0 Å². The molecular formula is C38H46N4O7. The lowest BCUT2D eigenvalue weighted by Gasteiger charge is -2.40. The third-order valence-electron chi connectivity index (χ3n) is 9.66. The highest BCUT2D eigenvalue weighted by molar-refractivity contribution is 5.76. The summed E-state index contributed by atoms with van der Waals surface area (Å²) >= 11 is 0. The number of benzene rings is 3. The van der Waals surface area contributed by atoms with E-state index in [9.17, 15) is 19.5 Å². The molecule has 1 amide bonds. The van der Waals surface area contributed by atoms with Gasteiger partial charge in [0.2, 0.25) is 5.91 Å². The molecule has 0 unspecified atom stereocenters. The number of para-hydroxylation sites is 2. The normalized spacial score (nSPS) is 20.4. The van der Waals surface area contributed by atoms with Gasteiger partial charge in [0.25, 0.3) is 0 Å². The van der Waals surface area contributed by atoms with Crippen LogP contribution in [-0.2, 0) is 32.2 Å². The molecule has 1 aromatic heterocycles. The molecule has 260 valence electrons. The van der Waals surface area contributed by atoms with Gasteiger partial charge in [-0.25, -0.2) is 4.79 Å². The molecule has 2 saturated heterocycles. The number of nitrogens with one attached hydrogen (secondary N) is 2. The Kier molecular flexibility index (Phi) is 11.6. The SMILES string of the molecule is O=C(O)CCCCCC(=O)NCc1ccc([C@@H]2O[C@H](CN3CCC(n4c(=O)[nH]c5ccccc54)CC3)C[C@H](c3ccc(CO)cc3)O2)cc1. The quantitative estimate of drug-likeness (QED) is 0.131. The van der Waals surface area contributed by atoms with Crippen molar-refractivity contribution in [3.8, 4) is 0 Å². The summed E-state index contributed by atoms with van der Waals surface area (Å²) in [7, 11) is 0. The Morgan fingerprint density at radius 2 is 1.55 bits per heavy atom. The highest BCUT2D eigenvalue weighted by atomic mass is 16.7. The number of unbranched alkanes of at least 4 members (excludes halogenated alkanes) is 2. The molecule has 11 heteroatoms. The summed E-state index contributed by atoms with van der Waals surface area (Å²) in [5.74, 6) is -0.855. The second kappa shape index (κ2) is 16.4. The molecule has 0 radical (unpaired) electrons. The molecule has 2 aliphatic rings. The van der Waals surface area contributed by atoms with Crippen LogP contribution in [0, 0.1) is 0 Å². The number of piperidine rings is 1. The van der Waals surface area contributed by atoms with Gasteiger partial charge in [-0.15, -0.1) is 0 Å². The minimum atomic E-state index is -0.808. The van der Waals surface area contributed by atoms with Crippen LogP contribution in [0.2, 0.25) is 0 Å². The molecule has 6 rings (SSSR count). The van der Waals surface area contributed by atoms with Crippen LogP contribution in [-0.4, -0.2) is 62.3 Å². The summed E-state index contributed by atoms with van der Waals surface area (Å²) in [4.78, 5) is 41.1. The van der Waals surface area contributed by atoms with Crippen LogP contribution in [0.3, 0.4) is 0 Å². The third kappa shape index (κ3) is 9.04. The second-order valence-corrected chi connectivity index (χ2v) is 13.2. The first-order valence-electron chi connectivity index (χ1n) is 17.4. The van der Waals surface area contributed by atoms with E-state index in [1.165, 1.54) is 0 Å². The lowest BCUT2D eigenvalue weighted by molar-refractivity contribution is -0.253. The number of carbonyl (C=O) groups is 2. The zero-order valence-corrected chi connectivity index (χ0v) is 27.8. The van der Waals surface area contributed by atoms with Crippen LogP contribution in [0.25, 0.3) is 11.0 Å². The summed E-state index contributed by atoms with van der Waals surface area (Å²) in [6, 6.07) is 23.8. The second-order valence-electron chi connectivity index (χ2n) is 13.2. The number of likely N-dealkylation sites (tertiary alicyclic amines) is 1. The number of hydrogen-bond donors (Lipinski definition) is 4. The number of carboxylic acid groups (broad SMARTS) is 1. The zero-order chi connectivity index (χ0) is 34.2. The minimum Gasteiger partial charge on any atom is -0.481 e. The Morgan fingerprint density at radius 3 is 2.29 bits per heavy atom. The number of H-pyrrole nitrogens is 1. The van der Waals surface area contributed by atoms with Crippen LogP contribution < -0.4 is 11.0 Å². The summed E-state index contributed by atoms with van der Waals surface area (Å²) in [6.07, 6.45) is 4.09. The monoisotopic (exact) mass is 670 g/mol. The van der Waals surface area contributed by atoms with Gasteiger partial charge < -0.3 is 34.9 Å². The van der Waals surface area contributed by atoms with E-state index < -0.39 is 12.3 Å². The third-order valence-corrected chi connectivity index (χ3v) is 9.66. The van der Waals surface area contributed by atoms with Crippen LogP contribution in [0.1, 0.15) is 92.1 Å².